The maximum absolute atomic E-state index is 6.77. The van der Waals surface area contributed by atoms with Crippen molar-refractivity contribution in [3.63, 3.8) is 0 Å². The highest BCUT2D eigenvalue weighted by atomic mass is 16.3. The van der Waals surface area contributed by atoms with E-state index in [1.165, 1.54) is 16.3 Å². The molecule has 0 amide bonds. The molecule has 3 aromatic heterocycles. The van der Waals surface area contributed by atoms with Gasteiger partial charge in [0.05, 0.1) is 16.6 Å². The van der Waals surface area contributed by atoms with Crippen molar-refractivity contribution in [1.29, 1.82) is 0 Å². The number of para-hydroxylation sites is 4. The van der Waals surface area contributed by atoms with Crippen molar-refractivity contribution in [2.75, 3.05) is 0 Å². The summed E-state index contributed by atoms with van der Waals surface area (Å²) in [5.74, 6) is 1.79. The first kappa shape index (κ1) is 28.2. The van der Waals surface area contributed by atoms with Crippen LogP contribution in [0.3, 0.4) is 0 Å². The molecule has 7 aromatic carbocycles. The number of benzene rings is 7. The molecule has 5 heteroatoms. The molecule has 0 radical (unpaired) electrons. The third-order valence-corrected chi connectivity index (χ3v) is 9.46. The second-order valence-electron chi connectivity index (χ2n) is 12.4. The molecule has 0 spiro atoms. The van der Waals surface area contributed by atoms with Gasteiger partial charge in [0.1, 0.15) is 11.2 Å². The van der Waals surface area contributed by atoms with E-state index in [2.05, 4.69) is 102 Å². The third kappa shape index (κ3) is 4.45. The van der Waals surface area contributed by atoms with Crippen LogP contribution in [-0.2, 0) is 0 Å². The Morgan fingerprint density at radius 3 is 1.66 bits per heavy atom. The smallest absolute Gasteiger partial charge is 0.167 e. The minimum Gasteiger partial charge on any atom is -0.455 e. The Balaban J connectivity index is 1.24. The summed E-state index contributed by atoms with van der Waals surface area (Å²) in [5.41, 5.74) is 9.92. The highest BCUT2D eigenvalue weighted by Crippen LogP contribution is 2.44. The molecule has 0 unspecified atom stereocenters. The molecule has 0 saturated carbocycles. The minimum atomic E-state index is 0.565. The van der Waals surface area contributed by atoms with Crippen molar-refractivity contribution >= 4 is 43.7 Å². The highest BCUT2D eigenvalue weighted by molar-refractivity contribution is 6.20. The number of fused-ring (bicyclic) bond motifs is 6. The molecule has 3 heterocycles. The van der Waals surface area contributed by atoms with E-state index in [1.54, 1.807) is 0 Å². The highest BCUT2D eigenvalue weighted by Gasteiger charge is 2.22. The molecule has 10 aromatic rings. The van der Waals surface area contributed by atoms with Gasteiger partial charge in [0.2, 0.25) is 0 Å². The van der Waals surface area contributed by atoms with Gasteiger partial charge in [-0.05, 0) is 35.9 Å². The normalized spacial score (nSPS) is 11.6. The van der Waals surface area contributed by atoms with Gasteiger partial charge in [-0.3, -0.25) is 0 Å². The molecular weight excluding hydrogens is 613 g/mol. The van der Waals surface area contributed by atoms with E-state index >= 15 is 0 Å². The molecule has 0 atom stereocenters. The lowest BCUT2D eigenvalue weighted by Gasteiger charge is -2.12. The van der Waals surface area contributed by atoms with Gasteiger partial charge in [-0.2, -0.15) is 0 Å². The van der Waals surface area contributed by atoms with Crippen LogP contribution in [0.25, 0.3) is 94.7 Å². The SMILES string of the molecule is c1ccc(-c2nc(-c3ccccc3)nc(-c3cccc4c3oc3cccc(-c5cccc6c7ccccc7n(-c7ccccc7)c56)c34)n2)cc1. The van der Waals surface area contributed by atoms with E-state index in [-0.39, 0.29) is 0 Å². The quantitative estimate of drug-likeness (QED) is 0.188. The van der Waals surface area contributed by atoms with Crippen LogP contribution in [0.5, 0.6) is 0 Å². The summed E-state index contributed by atoms with van der Waals surface area (Å²) in [6, 6.07) is 58.5. The Kier molecular flexibility index (Phi) is 6.42. The summed E-state index contributed by atoms with van der Waals surface area (Å²) in [6.07, 6.45) is 0. The van der Waals surface area contributed by atoms with Gasteiger partial charge >= 0.3 is 0 Å². The summed E-state index contributed by atoms with van der Waals surface area (Å²) in [5, 5.41) is 4.50. The summed E-state index contributed by atoms with van der Waals surface area (Å²) < 4.78 is 9.15. The van der Waals surface area contributed by atoms with E-state index in [9.17, 15) is 0 Å². The van der Waals surface area contributed by atoms with Crippen molar-refractivity contribution in [2.45, 2.75) is 0 Å². The van der Waals surface area contributed by atoms with E-state index < -0.39 is 0 Å². The van der Waals surface area contributed by atoms with E-state index in [0.29, 0.717) is 17.5 Å². The third-order valence-electron chi connectivity index (χ3n) is 9.46. The number of nitrogens with zero attached hydrogens (tertiary/aromatic N) is 4. The van der Waals surface area contributed by atoms with Crippen molar-refractivity contribution < 1.29 is 4.42 Å². The van der Waals surface area contributed by atoms with Gasteiger partial charge in [-0.1, -0.05) is 140 Å². The maximum Gasteiger partial charge on any atom is 0.167 e. The summed E-state index contributed by atoms with van der Waals surface area (Å²) in [7, 11) is 0. The molecule has 0 saturated heterocycles. The molecule has 0 aliphatic rings. The van der Waals surface area contributed by atoms with E-state index in [1.807, 2.05) is 72.8 Å². The summed E-state index contributed by atoms with van der Waals surface area (Å²) >= 11 is 0. The lowest BCUT2D eigenvalue weighted by Crippen LogP contribution is -2.00. The Labute approximate surface area is 287 Å². The molecule has 50 heavy (non-hydrogen) atoms. The fourth-order valence-corrected chi connectivity index (χ4v) is 7.26. The van der Waals surface area contributed by atoms with Crippen molar-refractivity contribution in [3.8, 4) is 51.0 Å². The lowest BCUT2D eigenvalue weighted by molar-refractivity contribution is 0.669. The lowest BCUT2D eigenvalue weighted by atomic mass is 9.96. The summed E-state index contributed by atoms with van der Waals surface area (Å²) in [6.45, 7) is 0. The van der Waals surface area contributed by atoms with Crippen molar-refractivity contribution in [2.24, 2.45) is 0 Å². The van der Waals surface area contributed by atoms with Crippen LogP contribution in [0.15, 0.2) is 174 Å². The van der Waals surface area contributed by atoms with E-state index in [4.69, 9.17) is 19.4 Å². The minimum absolute atomic E-state index is 0.565. The number of aromatic nitrogens is 4. The van der Waals surface area contributed by atoms with Crippen LogP contribution >= 0.6 is 0 Å². The zero-order valence-electron chi connectivity index (χ0n) is 26.9. The van der Waals surface area contributed by atoms with Gasteiger partial charge in [-0.15, -0.1) is 0 Å². The molecule has 5 nitrogen and oxygen atoms in total. The zero-order valence-corrected chi connectivity index (χ0v) is 26.9. The fraction of sp³-hybridized carbons (Fsp3) is 0. The largest absolute Gasteiger partial charge is 0.455 e. The van der Waals surface area contributed by atoms with Crippen LogP contribution in [0.4, 0.5) is 0 Å². The molecule has 0 N–H and O–H groups in total. The number of hydrogen-bond donors (Lipinski definition) is 0. The molecule has 0 aliphatic carbocycles. The topological polar surface area (TPSA) is 56.7 Å². The predicted octanol–water partition coefficient (Wildman–Crippen LogP) is 11.5. The van der Waals surface area contributed by atoms with Crippen molar-refractivity contribution in [3.05, 3.63) is 170 Å². The average Bonchev–Trinajstić information content (AvgIpc) is 3.75. The van der Waals surface area contributed by atoms with Crippen LogP contribution in [0, 0.1) is 0 Å². The van der Waals surface area contributed by atoms with Gasteiger partial charge in [0.15, 0.2) is 17.5 Å². The monoisotopic (exact) mass is 640 g/mol. The van der Waals surface area contributed by atoms with Crippen LogP contribution in [0.2, 0.25) is 0 Å². The molecule has 0 aliphatic heterocycles. The van der Waals surface area contributed by atoms with Crippen LogP contribution in [0.1, 0.15) is 0 Å². The Morgan fingerprint density at radius 2 is 0.940 bits per heavy atom. The Hall–Kier alpha value is -6.85. The Morgan fingerprint density at radius 1 is 0.400 bits per heavy atom. The molecule has 10 rings (SSSR count). The molecule has 0 bridgehead atoms. The van der Waals surface area contributed by atoms with Gasteiger partial charge in [0.25, 0.3) is 0 Å². The van der Waals surface area contributed by atoms with Gasteiger partial charge in [-0.25, -0.2) is 15.0 Å². The first-order chi connectivity index (χ1) is 24.8. The van der Waals surface area contributed by atoms with Gasteiger partial charge < -0.3 is 8.98 Å². The first-order valence-corrected chi connectivity index (χ1v) is 16.7. The first-order valence-electron chi connectivity index (χ1n) is 16.7. The van der Waals surface area contributed by atoms with Crippen LogP contribution in [-0.4, -0.2) is 19.5 Å². The number of rotatable bonds is 5. The maximum atomic E-state index is 6.77. The summed E-state index contributed by atoms with van der Waals surface area (Å²) in [4.78, 5) is 15.0. The average molecular weight is 641 g/mol. The fourth-order valence-electron chi connectivity index (χ4n) is 7.26. The Bertz CT molecular complexity index is 2800. The van der Waals surface area contributed by atoms with Gasteiger partial charge in [0, 0.05) is 43.9 Å². The standard InChI is InChI=1S/C45H28N4O/c1-4-15-29(16-5-1)43-46-44(30-17-6-2-7-18-30)48-45(47-43)37-26-13-25-36-40-33(22-14-28-39(40)50-42(36)37)35-24-12-23-34-32-21-10-11-27-38(32)49(41(34)35)31-19-8-3-9-20-31/h1-28H. The van der Waals surface area contributed by atoms with Crippen molar-refractivity contribution in [1.82, 2.24) is 19.5 Å². The van der Waals surface area contributed by atoms with E-state index in [0.717, 1.165) is 61.0 Å². The molecular formula is C45H28N4O. The number of hydrogen-bond acceptors (Lipinski definition) is 4. The zero-order chi connectivity index (χ0) is 33.0. The molecule has 234 valence electrons. The predicted molar refractivity (Wildman–Crippen MR) is 203 cm³/mol. The molecule has 0 fully saturated rings. The second-order valence-corrected chi connectivity index (χ2v) is 12.4. The second kappa shape index (κ2) is 11.4. The van der Waals surface area contributed by atoms with Crippen LogP contribution < -0.4 is 0 Å². The number of furan rings is 1.